The van der Waals surface area contributed by atoms with Crippen molar-refractivity contribution < 1.29 is 28.2 Å². The third-order valence-corrected chi connectivity index (χ3v) is 9.18. The number of aromatic nitrogens is 2. The van der Waals surface area contributed by atoms with Crippen molar-refractivity contribution in [2.24, 2.45) is 0 Å². The van der Waals surface area contributed by atoms with Gasteiger partial charge < -0.3 is 29.3 Å². The smallest absolute Gasteiger partial charge is 0.415 e. The number of nitrogens with zero attached hydrogens (tertiary/aromatic N) is 4. The average molecular weight is 624 g/mol. The Morgan fingerprint density at radius 1 is 1.07 bits per heavy atom. The number of hydrogen-bond acceptors (Lipinski definition) is 8. The van der Waals surface area contributed by atoms with Crippen LogP contribution in [0.5, 0.6) is 11.5 Å². The zero-order chi connectivity index (χ0) is 30.5. The molecule has 2 fully saturated rings. The Labute approximate surface area is 259 Å². The van der Waals surface area contributed by atoms with E-state index >= 15 is 0 Å². The van der Waals surface area contributed by atoms with E-state index in [1.807, 2.05) is 34.9 Å². The first kappa shape index (κ1) is 30.3. The Balaban J connectivity index is 1.16. The minimum absolute atomic E-state index is 0.195. The molecule has 1 N–H and O–H groups in total. The quantitative estimate of drug-likeness (QED) is 0.224. The van der Waals surface area contributed by atoms with Crippen LogP contribution in [-0.4, -0.2) is 96.9 Å². The number of rotatable bonds is 11. The topological polar surface area (TPSA) is 97.6 Å². The Kier molecular flexibility index (Phi) is 9.58. The number of piperidine rings is 1. The van der Waals surface area contributed by atoms with Gasteiger partial charge in [0.25, 0.3) is 5.91 Å². The highest BCUT2D eigenvalue weighted by molar-refractivity contribution is 7.23. The second-order valence-electron chi connectivity index (χ2n) is 11.3. The maximum Gasteiger partial charge on any atom is 0.415 e. The Morgan fingerprint density at radius 3 is 2.59 bits per heavy atom. The van der Waals surface area contributed by atoms with Crippen LogP contribution in [0.25, 0.3) is 26.4 Å². The second kappa shape index (κ2) is 13.9. The lowest BCUT2D eigenvalue weighted by molar-refractivity contribution is 0.0942. The standard InChI is InChI=1S/C32H38FN5O5S/c1-41-17-18-42-28-20-27-29(19-25(28)30(39)34-11-4-12-36-15-9-23(33)10-16-36)44-31-35-26(21-38(27)31)22-5-7-24(8-6-22)43-32(40)37-13-2-3-14-37/h5-8,19-21,23H,2-4,9-18H2,1H3,(H,34,39). The van der Waals surface area contributed by atoms with Crippen LogP contribution in [0, 0.1) is 0 Å². The van der Waals surface area contributed by atoms with Gasteiger partial charge in [-0.2, -0.15) is 0 Å². The van der Waals surface area contributed by atoms with Crippen molar-refractivity contribution in [2.45, 2.75) is 38.3 Å². The normalized spacial score (nSPS) is 16.2. The largest absolute Gasteiger partial charge is 0.490 e. The number of halogens is 1. The maximum atomic E-state index is 13.4. The number of ether oxygens (including phenoxy) is 3. The lowest BCUT2D eigenvalue weighted by Gasteiger charge is -2.28. The summed E-state index contributed by atoms with van der Waals surface area (Å²) in [5, 5.41) is 3.03. The van der Waals surface area contributed by atoms with Crippen LogP contribution in [0.4, 0.5) is 9.18 Å². The number of benzene rings is 2. The highest BCUT2D eigenvalue weighted by Crippen LogP contribution is 2.34. The summed E-state index contributed by atoms with van der Waals surface area (Å²) in [5.41, 5.74) is 3.04. The summed E-state index contributed by atoms with van der Waals surface area (Å²) in [4.78, 5) is 35.2. The molecule has 0 bridgehead atoms. The first-order valence-electron chi connectivity index (χ1n) is 15.3. The summed E-state index contributed by atoms with van der Waals surface area (Å²) >= 11 is 1.50. The number of amides is 2. The SMILES string of the molecule is COCCOc1cc2c(cc1C(=O)NCCCN1CCC(F)CC1)sc1nc(-c3ccc(OC(=O)N4CCCC4)cc3)cn12. The van der Waals surface area contributed by atoms with Crippen molar-refractivity contribution in [1.82, 2.24) is 24.5 Å². The van der Waals surface area contributed by atoms with Crippen molar-refractivity contribution in [3.63, 3.8) is 0 Å². The molecule has 0 unspecified atom stereocenters. The third kappa shape index (κ3) is 6.98. The van der Waals surface area contributed by atoms with Crippen LogP contribution in [0.3, 0.4) is 0 Å². The van der Waals surface area contributed by atoms with Gasteiger partial charge in [0.1, 0.15) is 24.3 Å². The van der Waals surface area contributed by atoms with Gasteiger partial charge in [-0.1, -0.05) is 11.3 Å². The Bertz CT molecular complexity index is 1590. The fourth-order valence-corrected chi connectivity index (χ4v) is 6.71. The first-order chi connectivity index (χ1) is 21.5. The number of fused-ring (bicyclic) bond motifs is 3. The van der Waals surface area contributed by atoms with E-state index in [2.05, 4.69) is 10.2 Å². The highest BCUT2D eigenvalue weighted by atomic mass is 32.1. The van der Waals surface area contributed by atoms with Crippen molar-refractivity contribution in [1.29, 1.82) is 0 Å². The molecule has 44 heavy (non-hydrogen) atoms. The van der Waals surface area contributed by atoms with E-state index in [1.54, 1.807) is 24.1 Å². The van der Waals surface area contributed by atoms with Crippen LogP contribution in [0.1, 0.15) is 42.5 Å². The Morgan fingerprint density at radius 2 is 1.84 bits per heavy atom. The zero-order valence-corrected chi connectivity index (χ0v) is 25.7. The number of methoxy groups -OCH3 is 1. The predicted molar refractivity (Wildman–Crippen MR) is 168 cm³/mol. The van der Waals surface area contributed by atoms with E-state index in [-0.39, 0.29) is 12.0 Å². The minimum Gasteiger partial charge on any atom is -0.490 e. The number of hydrogen-bond donors (Lipinski definition) is 1. The van der Waals surface area contributed by atoms with Gasteiger partial charge in [-0.25, -0.2) is 14.2 Å². The van der Waals surface area contributed by atoms with Gasteiger partial charge in [0.15, 0.2) is 4.96 Å². The van der Waals surface area contributed by atoms with Gasteiger partial charge in [0, 0.05) is 57.7 Å². The molecule has 0 radical (unpaired) electrons. The number of likely N-dealkylation sites (tertiary alicyclic amines) is 2. The van der Waals surface area contributed by atoms with Crippen LogP contribution in [-0.2, 0) is 4.74 Å². The van der Waals surface area contributed by atoms with Gasteiger partial charge in [0.05, 0.1) is 28.1 Å². The maximum absolute atomic E-state index is 13.4. The molecule has 2 aromatic carbocycles. The molecule has 2 aromatic heterocycles. The van der Waals surface area contributed by atoms with Crippen LogP contribution in [0.15, 0.2) is 42.6 Å². The monoisotopic (exact) mass is 623 g/mol. The molecule has 0 atom stereocenters. The molecular weight excluding hydrogens is 585 g/mol. The van der Waals surface area contributed by atoms with Crippen LogP contribution in [0.2, 0.25) is 0 Å². The number of alkyl halides is 1. The molecule has 0 spiro atoms. The fourth-order valence-electron chi connectivity index (χ4n) is 5.68. The lowest BCUT2D eigenvalue weighted by atomic mass is 10.1. The zero-order valence-electron chi connectivity index (χ0n) is 24.9. The minimum atomic E-state index is -0.687. The molecule has 0 aliphatic carbocycles. The van der Waals surface area contributed by atoms with Gasteiger partial charge in [-0.3, -0.25) is 9.20 Å². The van der Waals surface area contributed by atoms with E-state index in [0.717, 1.165) is 78.4 Å². The molecule has 12 heteroatoms. The number of nitrogens with one attached hydrogen (secondary N) is 1. The summed E-state index contributed by atoms with van der Waals surface area (Å²) in [5.74, 6) is 0.789. The molecule has 2 aliphatic rings. The third-order valence-electron chi connectivity index (χ3n) is 8.16. The van der Waals surface area contributed by atoms with Crippen molar-refractivity contribution in [3.8, 4) is 22.8 Å². The molecule has 234 valence electrons. The van der Waals surface area contributed by atoms with Crippen molar-refractivity contribution in [2.75, 3.05) is 59.6 Å². The molecule has 4 heterocycles. The molecule has 6 rings (SSSR count). The highest BCUT2D eigenvalue weighted by Gasteiger charge is 2.21. The number of thiazole rings is 1. The van der Waals surface area contributed by atoms with E-state index in [4.69, 9.17) is 19.2 Å². The molecular formula is C32H38FN5O5S. The molecule has 2 aliphatic heterocycles. The summed E-state index contributed by atoms with van der Waals surface area (Å²) in [7, 11) is 1.61. The van der Waals surface area contributed by atoms with Gasteiger partial charge >= 0.3 is 6.09 Å². The van der Waals surface area contributed by atoms with E-state index in [9.17, 15) is 14.0 Å². The predicted octanol–water partition coefficient (Wildman–Crippen LogP) is 5.39. The van der Waals surface area contributed by atoms with Gasteiger partial charge in [0.2, 0.25) is 0 Å². The number of carbonyl (C=O) groups excluding carboxylic acids is 2. The summed E-state index contributed by atoms with van der Waals surface area (Å²) < 4.78 is 33.0. The summed E-state index contributed by atoms with van der Waals surface area (Å²) in [6.45, 7) is 5.08. The molecule has 4 aromatic rings. The molecule has 0 saturated carbocycles. The molecule has 2 saturated heterocycles. The van der Waals surface area contributed by atoms with Crippen LogP contribution >= 0.6 is 11.3 Å². The average Bonchev–Trinajstić information content (AvgIpc) is 3.78. The Hall–Kier alpha value is -3.74. The molecule has 10 nitrogen and oxygen atoms in total. The van der Waals surface area contributed by atoms with Gasteiger partial charge in [-0.15, -0.1) is 0 Å². The van der Waals surface area contributed by atoms with Gasteiger partial charge in [-0.05, 0) is 69.0 Å². The summed E-state index contributed by atoms with van der Waals surface area (Å²) in [6, 6.07) is 11.1. The first-order valence-corrected chi connectivity index (χ1v) is 16.1. The molecule has 2 amide bonds. The van der Waals surface area contributed by atoms with Crippen LogP contribution < -0.4 is 14.8 Å². The van der Waals surface area contributed by atoms with E-state index < -0.39 is 6.17 Å². The van der Waals surface area contributed by atoms with E-state index in [0.29, 0.717) is 49.7 Å². The second-order valence-corrected chi connectivity index (χ2v) is 12.3. The lowest BCUT2D eigenvalue weighted by Crippen LogP contribution is -2.36. The number of carbonyl (C=O) groups is 2. The van der Waals surface area contributed by atoms with Crippen molar-refractivity contribution in [3.05, 3.63) is 48.2 Å². The van der Waals surface area contributed by atoms with E-state index in [1.165, 1.54) is 11.3 Å². The fraction of sp³-hybridized carbons (Fsp3) is 0.469. The number of imidazole rings is 1. The summed E-state index contributed by atoms with van der Waals surface area (Å²) in [6.07, 6.45) is 4.96. The van der Waals surface area contributed by atoms with Crippen molar-refractivity contribution >= 4 is 38.5 Å².